The van der Waals surface area contributed by atoms with E-state index in [2.05, 4.69) is 4.74 Å². The first-order valence-electron chi connectivity index (χ1n) is 3.63. The molecule has 0 unspecified atom stereocenters. The highest BCUT2D eigenvalue weighted by Crippen LogP contribution is 2.32. The van der Waals surface area contributed by atoms with Crippen LogP contribution >= 0.6 is 0 Å². The molecule has 0 bridgehead atoms. The van der Waals surface area contributed by atoms with E-state index in [1.54, 1.807) is 0 Å². The van der Waals surface area contributed by atoms with Gasteiger partial charge in [-0.2, -0.15) is 4.39 Å². The van der Waals surface area contributed by atoms with Gasteiger partial charge in [0.25, 0.3) is 0 Å². The van der Waals surface area contributed by atoms with Gasteiger partial charge in [0.05, 0.1) is 17.0 Å². The van der Waals surface area contributed by atoms with Gasteiger partial charge in [-0.05, 0) is 0 Å². The highest BCUT2D eigenvalue weighted by Gasteiger charge is 2.25. The third-order valence-corrected chi connectivity index (χ3v) is 1.64. The lowest BCUT2D eigenvalue weighted by Gasteiger charge is -2.01. The lowest BCUT2D eigenvalue weighted by molar-refractivity contribution is -0.396. The third-order valence-electron chi connectivity index (χ3n) is 1.64. The number of hydrogen-bond donors (Lipinski definition) is 0. The Morgan fingerprint density at radius 3 is 2.13 bits per heavy atom. The summed E-state index contributed by atoms with van der Waals surface area (Å²) in [5, 5.41) is 20.7. The van der Waals surface area contributed by atoms with Crippen molar-refractivity contribution in [2.24, 2.45) is 0 Å². The van der Waals surface area contributed by atoms with Crippen molar-refractivity contribution < 1.29 is 19.0 Å². The molecule has 0 atom stereocenters. The minimum atomic E-state index is -1.18. The van der Waals surface area contributed by atoms with Crippen molar-refractivity contribution in [3.05, 3.63) is 38.2 Å². The zero-order valence-electron chi connectivity index (χ0n) is 7.47. The molecule has 0 heterocycles. The van der Waals surface area contributed by atoms with Gasteiger partial charge in [-0.25, -0.2) is 0 Å². The summed E-state index contributed by atoms with van der Waals surface area (Å²) in [5.74, 6) is -1.54. The Labute approximate surface area is 82.4 Å². The molecule has 15 heavy (non-hydrogen) atoms. The lowest BCUT2D eigenvalue weighted by Crippen LogP contribution is -1.98. The van der Waals surface area contributed by atoms with E-state index in [1.807, 2.05) is 0 Å². The molecule has 0 aliphatic heterocycles. The molecule has 0 amide bonds. The standard InChI is InChI=1S/C7H5FN2O5/c1-15-7-2-4(8)5(9(11)12)3-6(7)10(13)14/h2-3H,1H3. The fraction of sp³-hybridized carbons (Fsp3) is 0.143. The van der Waals surface area contributed by atoms with E-state index in [4.69, 9.17) is 0 Å². The Bertz CT molecular complexity index is 434. The second kappa shape index (κ2) is 3.86. The summed E-state index contributed by atoms with van der Waals surface area (Å²) in [6.45, 7) is 0. The molecule has 8 heteroatoms. The van der Waals surface area contributed by atoms with Crippen LogP contribution in [0.3, 0.4) is 0 Å². The van der Waals surface area contributed by atoms with E-state index in [0.717, 1.165) is 7.11 Å². The molecule has 7 nitrogen and oxygen atoms in total. The van der Waals surface area contributed by atoms with Gasteiger partial charge in [-0.3, -0.25) is 20.2 Å². The largest absolute Gasteiger partial charge is 0.490 e. The first kappa shape index (κ1) is 10.8. The quantitative estimate of drug-likeness (QED) is 0.565. The second-order valence-corrected chi connectivity index (χ2v) is 2.49. The number of nitro groups is 2. The van der Waals surface area contributed by atoms with Crippen LogP contribution in [0, 0.1) is 26.0 Å². The van der Waals surface area contributed by atoms with Crippen LogP contribution in [-0.4, -0.2) is 17.0 Å². The fourth-order valence-corrected chi connectivity index (χ4v) is 0.979. The van der Waals surface area contributed by atoms with Crippen molar-refractivity contribution in [3.63, 3.8) is 0 Å². The summed E-state index contributed by atoms with van der Waals surface area (Å²) in [4.78, 5) is 18.8. The Kier molecular flexibility index (Phi) is 2.79. The van der Waals surface area contributed by atoms with Crippen molar-refractivity contribution in [1.29, 1.82) is 0 Å². The number of methoxy groups -OCH3 is 1. The zero-order valence-corrected chi connectivity index (χ0v) is 7.47. The normalized spacial score (nSPS) is 9.73. The summed E-state index contributed by atoms with van der Waals surface area (Å²) < 4.78 is 17.5. The number of nitrogens with zero attached hydrogens (tertiary/aromatic N) is 2. The van der Waals surface area contributed by atoms with Crippen LogP contribution in [0.1, 0.15) is 0 Å². The van der Waals surface area contributed by atoms with E-state index >= 15 is 0 Å². The molecule has 0 aromatic heterocycles. The van der Waals surface area contributed by atoms with Crippen LogP contribution < -0.4 is 4.74 Å². The first-order chi connectivity index (χ1) is 6.97. The van der Waals surface area contributed by atoms with Gasteiger partial charge >= 0.3 is 11.4 Å². The smallest absolute Gasteiger partial charge is 0.318 e. The van der Waals surface area contributed by atoms with Crippen molar-refractivity contribution in [2.75, 3.05) is 7.11 Å². The van der Waals surface area contributed by atoms with Gasteiger partial charge in [0.1, 0.15) is 6.07 Å². The summed E-state index contributed by atoms with van der Waals surface area (Å²) in [7, 11) is 1.10. The predicted molar refractivity (Wildman–Crippen MR) is 46.3 cm³/mol. The molecule has 1 rings (SSSR count). The molecule has 0 radical (unpaired) electrons. The fourth-order valence-electron chi connectivity index (χ4n) is 0.979. The van der Waals surface area contributed by atoms with Gasteiger partial charge in [0, 0.05) is 6.07 Å². The van der Waals surface area contributed by atoms with E-state index in [1.165, 1.54) is 0 Å². The summed E-state index contributed by atoms with van der Waals surface area (Å²) in [6.07, 6.45) is 0. The second-order valence-electron chi connectivity index (χ2n) is 2.49. The third kappa shape index (κ3) is 1.98. The number of ether oxygens (including phenoxy) is 1. The van der Waals surface area contributed by atoms with Crippen LogP contribution in [0.15, 0.2) is 12.1 Å². The Balaban J connectivity index is 3.43. The SMILES string of the molecule is COc1cc(F)c([N+](=O)[O-])cc1[N+](=O)[O-]. The maximum absolute atomic E-state index is 13.0. The van der Waals surface area contributed by atoms with Gasteiger partial charge in [-0.15, -0.1) is 0 Å². The molecule has 0 aliphatic rings. The van der Waals surface area contributed by atoms with Crippen molar-refractivity contribution >= 4 is 11.4 Å². The molecule has 0 spiro atoms. The van der Waals surface area contributed by atoms with Gasteiger partial charge in [0.15, 0.2) is 5.75 Å². The highest BCUT2D eigenvalue weighted by molar-refractivity contribution is 5.54. The van der Waals surface area contributed by atoms with Crippen molar-refractivity contribution in [3.8, 4) is 5.75 Å². The molecule has 1 aromatic carbocycles. The Morgan fingerprint density at radius 1 is 1.20 bits per heavy atom. The molecule has 0 saturated heterocycles. The van der Waals surface area contributed by atoms with Crippen LogP contribution in [0.25, 0.3) is 0 Å². The van der Waals surface area contributed by atoms with Gasteiger partial charge in [-0.1, -0.05) is 0 Å². The monoisotopic (exact) mass is 216 g/mol. The summed E-state index contributed by atoms with van der Waals surface area (Å²) in [6, 6.07) is 1.13. The number of benzene rings is 1. The van der Waals surface area contributed by atoms with Crippen LogP contribution in [0.4, 0.5) is 15.8 Å². The number of halogens is 1. The van der Waals surface area contributed by atoms with E-state index < -0.39 is 27.0 Å². The molecule has 0 aliphatic carbocycles. The van der Waals surface area contributed by atoms with Crippen molar-refractivity contribution in [2.45, 2.75) is 0 Å². The van der Waals surface area contributed by atoms with Crippen molar-refractivity contribution in [1.82, 2.24) is 0 Å². The van der Waals surface area contributed by atoms with Crippen LogP contribution in [-0.2, 0) is 0 Å². The van der Waals surface area contributed by atoms with Crippen LogP contribution in [0.2, 0.25) is 0 Å². The molecule has 1 aromatic rings. The highest BCUT2D eigenvalue weighted by atomic mass is 19.1. The minimum Gasteiger partial charge on any atom is -0.490 e. The Morgan fingerprint density at radius 2 is 1.73 bits per heavy atom. The van der Waals surface area contributed by atoms with E-state index in [-0.39, 0.29) is 5.75 Å². The molecular weight excluding hydrogens is 211 g/mol. The number of rotatable bonds is 3. The maximum Gasteiger partial charge on any atom is 0.318 e. The molecule has 80 valence electrons. The first-order valence-corrected chi connectivity index (χ1v) is 3.63. The van der Waals surface area contributed by atoms with Gasteiger partial charge < -0.3 is 4.74 Å². The van der Waals surface area contributed by atoms with E-state index in [9.17, 15) is 24.6 Å². The number of nitro benzene ring substituents is 2. The average molecular weight is 216 g/mol. The predicted octanol–water partition coefficient (Wildman–Crippen LogP) is 1.65. The topological polar surface area (TPSA) is 95.5 Å². The van der Waals surface area contributed by atoms with Crippen LogP contribution in [0.5, 0.6) is 5.75 Å². The zero-order chi connectivity index (χ0) is 11.6. The summed E-state index contributed by atoms with van der Waals surface area (Å²) in [5.41, 5.74) is -1.60. The average Bonchev–Trinajstić information content (AvgIpc) is 2.16. The molecule has 0 N–H and O–H groups in total. The summed E-state index contributed by atoms with van der Waals surface area (Å²) >= 11 is 0. The minimum absolute atomic E-state index is 0.358. The maximum atomic E-state index is 13.0. The molecule has 0 fully saturated rings. The molecule has 0 saturated carbocycles. The lowest BCUT2D eigenvalue weighted by atomic mass is 10.2. The van der Waals surface area contributed by atoms with E-state index in [0.29, 0.717) is 12.1 Å². The molecular formula is C7H5FN2O5. The van der Waals surface area contributed by atoms with Gasteiger partial charge in [0.2, 0.25) is 5.82 Å². The number of hydrogen-bond acceptors (Lipinski definition) is 5. The Hall–Kier alpha value is -2.25.